The van der Waals surface area contributed by atoms with Crippen LogP contribution in [0.2, 0.25) is 0 Å². The van der Waals surface area contributed by atoms with Crippen molar-refractivity contribution in [2.45, 2.75) is 0 Å². The number of halogens is 3. The van der Waals surface area contributed by atoms with E-state index in [1.165, 1.54) is 6.07 Å². The first kappa shape index (κ1) is 13.7. The van der Waals surface area contributed by atoms with Crippen LogP contribution < -0.4 is 16.8 Å². The van der Waals surface area contributed by atoms with Gasteiger partial charge in [-0.3, -0.25) is 4.79 Å². The number of carbonyl (C=O) groups excluding carboxylic acids is 1. The highest BCUT2D eigenvalue weighted by atomic mass is 19.1. The summed E-state index contributed by atoms with van der Waals surface area (Å²) in [5, 5.41) is 2.24. The van der Waals surface area contributed by atoms with Crippen LogP contribution in [-0.2, 0) is 0 Å². The molecule has 0 fully saturated rings. The van der Waals surface area contributed by atoms with Crippen molar-refractivity contribution in [2.24, 2.45) is 5.73 Å². The van der Waals surface area contributed by atoms with Gasteiger partial charge in [0.15, 0.2) is 0 Å². The lowest BCUT2D eigenvalue weighted by Gasteiger charge is -2.12. The van der Waals surface area contributed by atoms with Crippen molar-refractivity contribution in [2.75, 3.05) is 11.1 Å². The van der Waals surface area contributed by atoms with Crippen LogP contribution in [0, 0.1) is 17.5 Å². The van der Waals surface area contributed by atoms with E-state index >= 15 is 0 Å². The Balaban J connectivity index is 2.49. The number of hydrogen-bond acceptors (Lipinski definition) is 3. The summed E-state index contributed by atoms with van der Waals surface area (Å²) in [6.07, 6.45) is 0. The SMILES string of the molecule is NC(=O)c1cc(Nc2c(F)cccc2F)c(F)cc1N. The first-order valence-electron chi connectivity index (χ1n) is 5.50. The second-order valence-corrected chi connectivity index (χ2v) is 4.01. The molecule has 0 aliphatic heterocycles. The molecule has 0 saturated carbocycles. The third kappa shape index (κ3) is 2.51. The highest BCUT2D eigenvalue weighted by molar-refractivity contribution is 5.99. The van der Waals surface area contributed by atoms with Gasteiger partial charge in [0.25, 0.3) is 5.91 Å². The molecule has 2 aromatic rings. The van der Waals surface area contributed by atoms with E-state index in [4.69, 9.17) is 11.5 Å². The standard InChI is InChI=1S/C13H10F3N3O/c14-7-2-1-3-8(15)12(7)19-11-4-6(13(18)20)10(17)5-9(11)16/h1-5,19H,17H2,(H2,18,20). The van der Waals surface area contributed by atoms with Crippen molar-refractivity contribution in [1.82, 2.24) is 0 Å². The molecule has 1 amide bonds. The normalized spacial score (nSPS) is 10.3. The average molecular weight is 281 g/mol. The topological polar surface area (TPSA) is 81.1 Å². The number of rotatable bonds is 3. The van der Waals surface area contributed by atoms with Crippen LogP contribution in [-0.4, -0.2) is 5.91 Å². The van der Waals surface area contributed by atoms with Crippen molar-refractivity contribution in [3.63, 3.8) is 0 Å². The minimum atomic E-state index is -0.901. The number of benzene rings is 2. The fourth-order valence-electron chi connectivity index (χ4n) is 1.65. The van der Waals surface area contributed by atoms with E-state index in [-0.39, 0.29) is 16.9 Å². The Kier molecular flexibility index (Phi) is 3.51. The van der Waals surface area contributed by atoms with Gasteiger partial charge in [0, 0.05) is 5.69 Å². The molecule has 0 aromatic heterocycles. The molecule has 0 aliphatic rings. The van der Waals surface area contributed by atoms with Crippen molar-refractivity contribution in [1.29, 1.82) is 0 Å². The van der Waals surface area contributed by atoms with Crippen LogP contribution >= 0.6 is 0 Å². The fraction of sp³-hybridized carbons (Fsp3) is 0. The van der Waals surface area contributed by atoms with Crippen LogP contribution in [0.15, 0.2) is 30.3 Å². The second-order valence-electron chi connectivity index (χ2n) is 4.01. The molecule has 0 aliphatic carbocycles. The van der Waals surface area contributed by atoms with Gasteiger partial charge in [-0.25, -0.2) is 13.2 Å². The number of para-hydroxylation sites is 1. The Morgan fingerprint density at radius 2 is 1.65 bits per heavy atom. The lowest BCUT2D eigenvalue weighted by atomic mass is 10.1. The number of anilines is 3. The Morgan fingerprint density at radius 1 is 1.05 bits per heavy atom. The average Bonchev–Trinajstić information content (AvgIpc) is 2.35. The minimum absolute atomic E-state index is 0.148. The Morgan fingerprint density at radius 3 is 2.20 bits per heavy atom. The zero-order valence-electron chi connectivity index (χ0n) is 10.1. The largest absolute Gasteiger partial charge is 0.398 e. The van der Waals surface area contributed by atoms with E-state index in [1.54, 1.807) is 0 Å². The summed E-state index contributed by atoms with van der Waals surface area (Å²) < 4.78 is 40.6. The van der Waals surface area contributed by atoms with Gasteiger partial charge < -0.3 is 16.8 Å². The third-order valence-corrected chi connectivity index (χ3v) is 2.63. The van der Waals surface area contributed by atoms with Gasteiger partial charge in [-0.2, -0.15) is 0 Å². The van der Waals surface area contributed by atoms with E-state index < -0.39 is 29.0 Å². The molecule has 7 heteroatoms. The molecule has 0 unspecified atom stereocenters. The molecule has 0 spiro atoms. The molecule has 0 bridgehead atoms. The molecule has 4 nitrogen and oxygen atoms in total. The van der Waals surface area contributed by atoms with Gasteiger partial charge in [0.2, 0.25) is 0 Å². The maximum absolute atomic E-state index is 13.7. The highest BCUT2D eigenvalue weighted by Gasteiger charge is 2.15. The maximum Gasteiger partial charge on any atom is 0.250 e. The molecule has 2 rings (SSSR count). The molecule has 0 saturated heterocycles. The van der Waals surface area contributed by atoms with E-state index in [1.807, 2.05) is 0 Å². The number of primary amides is 1. The fourth-order valence-corrected chi connectivity index (χ4v) is 1.65. The Hall–Kier alpha value is -2.70. The van der Waals surface area contributed by atoms with Crippen LogP contribution in [0.4, 0.5) is 30.2 Å². The number of nitrogens with two attached hydrogens (primary N) is 2. The summed E-state index contributed by atoms with van der Waals surface area (Å²) in [4.78, 5) is 11.1. The van der Waals surface area contributed by atoms with Gasteiger partial charge in [-0.15, -0.1) is 0 Å². The lowest BCUT2D eigenvalue weighted by Crippen LogP contribution is -2.14. The predicted molar refractivity (Wildman–Crippen MR) is 69.0 cm³/mol. The van der Waals surface area contributed by atoms with E-state index in [9.17, 15) is 18.0 Å². The molecule has 0 heterocycles. The molecular formula is C13H10F3N3O. The van der Waals surface area contributed by atoms with Gasteiger partial charge in [-0.1, -0.05) is 6.07 Å². The first-order valence-corrected chi connectivity index (χ1v) is 5.50. The summed E-state index contributed by atoms with van der Waals surface area (Å²) in [6, 6.07) is 5.04. The van der Waals surface area contributed by atoms with Crippen LogP contribution in [0.3, 0.4) is 0 Å². The van der Waals surface area contributed by atoms with E-state index in [2.05, 4.69) is 5.32 Å². The summed E-state index contributed by atoms with van der Waals surface area (Å²) in [5.74, 6) is -3.54. The van der Waals surface area contributed by atoms with Crippen LogP contribution in [0.25, 0.3) is 0 Å². The number of amides is 1. The van der Waals surface area contributed by atoms with Gasteiger partial charge in [0.05, 0.1) is 11.3 Å². The Labute approximate surface area is 112 Å². The maximum atomic E-state index is 13.7. The molecular weight excluding hydrogens is 271 g/mol. The van der Waals surface area contributed by atoms with Crippen molar-refractivity contribution >= 4 is 23.0 Å². The van der Waals surface area contributed by atoms with Crippen molar-refractivity contribution in [3.8, 4) is 0 Å². The molecule has 20 heavy (non-hydrogen) atoms. The van der Waals surface area contributed by atoms with Crippen LogP contribution in [0.1, 0.15) is 10.4 Å². The third-order valence-electron chi connectivity index (χ3n) is 2.63. The summed E-state index contributed by atoms with van der Waals surface area (Å²) >= 11 is 0. The molecule has 2 aromatic carbocycles. The molecule has 5 N–H and O–H groups in total. The van der Waals surface area contributed by atoms with E-state index in [0.717, 1.165) is 24.3 Å². The summed E-state index contributed by atoms with van der Waals surface area (Å²) in [5.41, 5.74) is 9.35. The number of hydrogen-bond donors (Lipinski definition) is 3. The zero-order valence-corrected chi connectivity index (χ0v) is 10.1. The van der Waals surface area contributed by atoms with Crippen LogP contribution in [0.5, 0.6) is 0 Å². The number of nitrogens with one attached hydrogen (secondary N) is 1. The summed E-state index contributed by atoms with van der Waals surface area (Å²) in [7, 11) is 0. The van der Waals surface area contributed by atoms with Crippen molar-refractivity contribution in [3.05, 3.63) is 53.3 Å². The monoisotopic (exact) mass is 281 g/mol. The summed E-state index contributed by atoms with van der Waals surface area (Å²) in [6.45, 7) is 0. The molecule has 104 valence electrons. The Bertz CT molecular complexity index is 669. The minimum Gasteiger partial charge on any atom is -0.398 e. The van der Waals surface area contributed by atoms with Crippen molar-refractivity contribution < 1.29 is 18.0 Å². The predicted octanol–water partition coefficient (Wildman–Crippen LogP) is 2.53. The van der Waals surface area contributed by atoms with Gasteiger partial charge in [0.1, 0.15) is 23.1 Å². The highest BCUT2D eigenvalue weighted by Crippen LogP contribution is 2.28. The number of nitrogen functional groups attached to an aromatic ring is 1. The second kappa shape index (κ2) is 5.12. The first-order chi connectivity index (χ1) is 9.40. The molecule has 0 radical (unpaired) electrons. The lowest BCUT2D eigenvalue weighted by molar-refractivity contribution is 0.100. The molecule has 0 atom stereocenters. The smallest absolute Gasteiger partial charge is 0.250 e. The zero-order chi connectivity index (χ0) is 14.9. The van der Waals surface area contributed by atoms with Gasteiger partial charge in [-0.05, 0) is 24.3 Å². The quantitative estimate of drug-likeness (QED) is 0.756. The number of carbonyl (C=O) groups is 1. The van der Waals surface area contributed by atoms with E-state index in [0.29, 0.717) is 0 Å². The van der Waals surface area contributed by atoms with Gasteiger partial charge >= 0.3 is 0 Å².